The van der Waals surface area contributed by atoms with Crippen molar-refractivity contribution >= 4 is 29.7 Å². The Morgan fingerprint density at radius 1 is 1.32 bits per heavy atom. The van der Waals surface area contributed by atoms with Crippen LogP contribution in [-0.2, 0) is 17.5 Å². The second kappa shape index (κ2) is 11.4. The van der Waals surface area contributed by atoms with E-state index in [9.17, 15) is 13.2 Å². The van der Waals surface area contributed by atoms with Crippen LogP contribution in [-0.4, -0.2) is 53.6 Å². The number of nitrogens with zero attached hydrogens (tertiary/aromatic N) is 3. The molecule has 154 valence electrons. The summed E-state index contributed by atoms with van der Waals surface area (Å²) in [6.45, 7) is 1.07. The van der Waals surface area contributed by atoms with Gasteiger partial charge in [0.15, 0.2) is 5.69 Å². The summed E-state index contributed by atoms with van der Waals surface area (Å²) in [5, 5.41) is 13.0. The molecule has 1 aromatic heterocycles. The number of nitrogens with one attached hydrogen (secondary N) is 2. The molecule has 1 heterocycles. The van der Waals surface area contributed by atoms with E-state index in [1.807, 2.05) is 19.0 Å². The fourth-order valence-corrected chi connectivity index (χ4v) is 2.25. The zero-order valence-corrected chi connectivity index (χ0v) is 16.1. The molecule has 2 rings (SSSR count). The summed E-state index contributed by atoms with van der Waals surface area (Å²) in [4.78, 5) is 17.9. The molecule has 3 N–H and O–H groups in total. The van der Waals surface area contributed by atoms with E-state index in [1.54, 1.807) is 24.3 Å². The topological polar surface area (TPSA) is 90.4 Å². The summed E-state index contributed by atoms with van der Waals surface area (Å²) in [5.41, 5.74) is -0.440. The number of benzene rings is 1. The lowest BCUT2D eigenvalue weighted by Gasteiger charge is -2.15. The van der Waals surface area contributed by atoms with Crippen LogP contribution in [0.1, 0.15) is 11.3 Å². The van der Waals surface area contributed by atoms with Crippen molar-refractivity contribution in [2.24, 2.45) is 0 Å². The van der Waals surface area contributed by atoms with Crippen LogP contribution < -0.4 is 10.6 Å². The number of halogens is 4. The van der Waals surface area contributed by atoms with Crippen LogP contribution in [0.3, 0.4) is 0 Å². The molecule has 0 aliphatic carbocycles. The van der Waals surface area contributed by atoms with Gasteiger partial charge in [-0.1, -0.05) is 17.7 Å². The quantitative estimate of drug-likeness (QED) is 0.469. The molecule has 0 spiro atoms. The summed E-state index contributed by atoms with van der Waals surface area (Å²) in [6.07, 6.45) is -3.38. The molecule has 11 heteroatoms. The third kappa shape index (κ3) is 8.51. The molecule has 2 aromatic rings. The molecule has 0 radical (unpaired) electrons. The number of carboxylic acid groups (broad SMARTS) is 1. The van der Waals surface area contributed by atoms with E-state index in [4.69, 9.17) is 21.5 Å². The maximum absolute atomic E-state index is 13.3. The van der Waals surface area contributed by atoms with E-state index in [0.29, 0.717) is 17.3 Å². The second-order valence-corrected chi connectivity index (χ2v) is 6.22. The smallest absolute Gasteiger partial charge is 0.433 e. The van der Waals surface area contributed by atoms with Crippen molar-refractivity contribution in [1.29, 1.82) is 0 Å². The minimum absolute atomic E-state index is 0.00269. The Kier molecular flexibility index (Phi) is 9.63. The maximum atomic E-state index is 13.3. The first-order chi connectivity index (χ1) is 13.2. The van der Waals surface area contributed by atoms with Gasteiger partial charge in [0.2, 0.25) is 5.95 Å². The average Bonchev–Trinajstić information content (AvgIpc) is 2.59. The Morgan fingerprint density at radius 3 is 2.57 bits per heavy atom. The number of likely N-dealkylation sites (N-methyl/N-ethyl adjacent to an activating group) is 1. The molecule has 1 aromatic carbocycles. The average molecular weight is 420 g/mol. The zero-order valence-electron chi connectivity index (χ0n) is 15.3. The van der Waals surface area contributed by atoms with Gasteiger partial charge in [0, 0.05) is 42.1 Å². The van der Waals surface area contributed by atoms with Crippen molar-refractivity contribution in [3.63, 3.8) is 0 Å². The van der Waals surface area contributed by atoms with Gasteiger partial charge in [-0.05, 0) is 32.3 Å². The molecule has 0 atom stereocenters. The summed E-state index contributed by atoms with van der Waals surface area (Å²) in [7, 11) is 3.78. The maximum Gasteiger partial charge on any atom is 0.433 e. The van der Waals surface area contributed by atoms with Gasteiger partial charge in [0.25, 0.3) is 6.47 Å². The van der Waals surface area contributed by atoms with Crippen LogP contribution in [0.2, 0.25) is 5.02 Å². The van der Waals surface area contributed by atoms with Crippen molar-refractivity contribution in [2.45, 2.75) is 12.7 Å². The molecular formula is C17H21ClF3N5O2. The highest BCUT2D eigenvalue weighted by molar-refractivity contribution is 6.30. The standard InChI is InChI=1S/C16H19ClF3N5.CH2O2/c1-25(2)7-6-21-9-11-10-22-15(24-14(11)16(18,19)20)23-13-5-3-4-12(17)8-13;2-1-3/h3-5,8,10,21H,6-7,9H2,1-2H3,(H,22,23,24);1H,(H,2,3). The van der Waals surface area contributed by atoms with Gasteiger partial charge in [0.1, 0.15) is 0 Å². The molecular weight excluding hydrogens is 399 g/mol. The molecule has 0 unspecified atom stereocenters. The van der Waals surface area contributed by atoms with Gasteiger partial charge >= 0.3 is 6.18 Å². The summed E-state index contributed by atoms with van der Waals surface area (Å²) in [5.74, 6) is -0.133. The lowest BCUT2D eigenvalue weighted by atomic mass is 10.2. The first-order valence-corrected chi connectivity index (χ1v) is 8.44. The second-order valence-electron chi connectivity index (χ2n) is 5.79. The van der Waals surface area contributed by atoms with Gasteiger partial charge in [-0.15, -0.1) is 0 Å². The third-order valence-electron chi connectivity index (χ3n) is 3.27. The highest BCUT2D eigenvalue weighted by atomic mass is 35.5. The molecule has 0 amide bonds. The van der Waals surface area contributed by atoms with Gasteiger partial charge in [-0.2, -0.15) is 13.2 Å². The number of carbonyl (C=O) groups is 1. The highest BCUT2D eigenvalue weighted by Crippen LogP contribution is 2.31. The largest absolute Gasteiger partial charge is 0.483 e. The van der Waals surface area contributed by atoms with E-state index in [1.165, 1.54) is 6.20 Å². The Morgan fingerprint density at radius 2 is 2.00 bits per heavy atom. The van der Waals surface area contributed by atoms with Gasteiger partial charge in [0.05, 0.1) is 0 Å². The monoisotopic (exact) mass is 419 g/mol. The van der Waals surface area contributed by atoms with Crippen molar-refractivity contribution in [3.05, 3.63) is 46.7 Å². The zero-order chi connectivity index (χ0) is 21.2. The fourth-order valence-electron chi connectivity index (χ4n) is 2.06. The predicted octanol–water partition coefficient (Wildman–Crippen LogP) is 3.24. The number of aromatic nitrogens is 2. The van der Waals surface area contributed by atoms with Crippen molar-refractivity contribution < 1.29 is 23.1 Å². The van der Waals surface area contributed by atoms with Crippen molar-refractivity contribution in [1.82, 2.24) is 20.2 Å². The normalized spacial score (nSPS) is 11.0. The van der Waals surface area contributed by atoms with E-state index < -0.39 is 11.9 Å². The molecule has 28 heavy (non-hydrogen) atoms. The molecule has 0 saturated heterocycles. The number of hydrogen-bond donors (Lipinski definition) is 3. The molecule has 0 bridgehead atoms. The first-order valence-electron chi connectivity index (χ1n) is 8.06. The fraction of sp³-hybridized carbons (Fsp3) is 0.353. The van der Waals surface area contributed by atoms with Gasteiger partial charge in [-0.25, -0.2) is 9.97 Å². The molecule has 7 nitrogen and oxygen atoms in total. The third-order valence-corrected chi connectivity index (χ3v) is 3.50. The predicted molar refractivity (Wildman–Crippen MR) is 101 cm³/mol. The summed E-state index contributed by atoms with van der Waals surface area (Å²) in [6, 6.07) is 6.59. The minimum atomic E-state index is -4.56. The van der Waals surface area contributed by atoms with Gasteiger partial charge < -0.3 is 20.6 Å². The van der Waals surface area contributed by atoms with E-state index in [-0.39, 0.29) is 24.5 Å². The Hall–Kier alpha value is -2.43. The van der Waals surface area contributed by atoms with Crippen LogP contribution in [0.25, 0.3) is 0 Å². The molecule has 0 aliphatic rings. The van der Waals surface area contributed by atoms with Crippen LogP contribution in [0.4, 0.5) is 24.8 Å². The van der Waals surface area contributed by atoms with Crippen LogP contribution in [0.5, 0.6) is 0 Å². The molecule has 0 fully saturated rings. The number of rotatable bonds is 7. The number of hydrogen-bond acceptors (Lipinski definition) is 6. The van der Waals surface area contributed by atoms with E-state index in [0.717, 1.165) is 6.54 Å². The molecule has 0 saturated carbocycles. The van der Waals surface area contributed by atoms with Gasteiger partial charge in [-0.3, -0.25) is 4.79 Å². The Bertz CT molecular complexity index is 760. The van der Waals surface area contributed by atoms with E-state index in [2.05, 4.69) is 20.6 Å². The lowest BCUT2D eigenvalue weighted by molar-refractivity contribution is -0.141. The minimum Gasteiger partial charge on any atom is -0.483 e. The van der Waals surface area contributed by atoms with Crippen LogP contribution in [0.15, 0.2) is 30.5 Å². The van der Waals surface area contributed by atoms with E-state index >= 15 is 0 Å². The van der Waals surface area contributed by atoms with Crippen molar-refractivity contribution in [2.75, 3.05) is 32.5 Å². The van der Waals surface area contributed by atoms with Crippen molar-refractivity contribution in [3.8, 4) is 0 Å². The Balaban J connectivity index is 0.00000122. The Labute approximate surface area is 165 Å². The van der Waals surface area contributed by atoms with Crippen LogP contribution >= 0.6 is 11.6 Å². The number of anilines is 2. The SMILES string of the molecule is CN(C)CCNCc1cnc(Nc2cccc(Cl)c2)nc1C(F)(F)F.O=CO. The molecule has 0 aliphatic heterocycles. The summed E-state index contributed by atoms with van der Waals surface area (Å²) < 4.78 is 39.9. The number of alkyl halides is 3. The first kappa shape index (κ1) is 23.6. The lowest BCUT2D eigenvalue weighted by Crippen LogP contribution is -2.27. The van der Waals surface area contributed by atoms with Crippen LogP contribution in [0, 0.1) is 0 Å². The summed E-state index contributed by atoms with van der Waals surface area (Å²) >= 11 is 5.86. The highest BCUT2D eigenvalue weighted by Gasteiger charge is 2.36.